The number of hydrogen-bond acceptors (Lipinski definition) is 2. The Morgan fingerprint density at radius 1 is 0.778 bits per heavy atom. The van der Waals surface area contributed by atoms with Gasteiger partial charge in [-0.3, -0.25) is 0 Å². The first-order valence-electron chi connectivity index (χ1n) is 9.27. The molecule has 0 aliphatic heterocycles. The number of nitrogens with one attached hydrogen (secondary N) is 1. The van der Waals surface area contributed by atoms with Crippen LogP contribution in [0.3, 0.4) is 0 Å². The second-order valence-corrected chi connectivity index (χ2v) is 6.77. The molecule has 0 atom stereocenters. The average Bonchev–Trinajstić information content (AvgIpc) is 2.71. The van der Waals surface area contributed by atoms with Crippen LogP contribution >= 0.6 is 0 Å². The Labute approximate surface area is 160 Å². The Morgan fingerprint density at radius 2 is 1.56 bits per heavy atom. The summed E-state index contributed by atoms with van der Waals surface area (Å²) in [6, 6.07) is 31.5. The zero-order valence-electron chi connectivity index (χ0n) is 15.5. The standard InChI is InChI=1S/C25H23NO/c1-19-8-6-9-20(16-19)18-27-25-15-5-3-11-22(25)17-26-24-14-7-12-21-10-2-4-13-23(21)24/h2-16,26H,17-18H2,1H3. The molecule has 0 unspecified atom stereocenters. The van der Waals surface area contributed by atoms with Crippen molar-refractivity contribution >= 4 is 16.5 Å². The third-order valence-electron chi connectivity index (χ3n) is 4.71. The molecule has 0 aromatic heterocycles. The van der Waals surface area contributed by atoms with Crippen LogP contribution in [0.1, 0.15) is 16.7 Å². The summed E-state index contributed by atoms with van der Waals surface area (Å²) in [6.07, 6.45) is 0. The molecule has 0 spiro atoms. The molecule has 4 rings (SSSR count). The van der Waals surface area contributed by atoms with Crippen LogP contribution in [0.25, 0.3) is 10.8 Å². The van der Waals surface area contributed by atoms with Gasteiger partial charge in [-0.05, 0) is 30.0 Å². The molecule has 0 bridgehead atoms. The minimum Gasteiger partial charge on any atom is -0.489 e. The predicted octanol–water partition coefficient (Wildman–Crippen LogP) is 6.34. The van der Waals surface area contributed by atoms with Crippen LogP contribution in [0.2, 0.25) is 0 Å². The molecular formula is C25H23NO. The molecule has 4 aromatic rings. The molecule has 4 aromatic carbocycles. The molecule has 0 aliphatic rings. The molecule has 2 heteroatoms. The highest BCUT2D eigenvalue weighted by Crippen LogP contribution is 2.25. The topological polar surface area (TPSA) is 21.3 Å². The highest BCUT2D eigenvalue weighted by molar-refractivity contribution is 5.93. The number of aryl methyl sites for hydroxylation is 1. The smallest absolute Gasteiger partial charge is 0.124 e. The van der Waals surface area contributed by atoms with Crippen molar-refractivity contribution in [2.75, 3.05) is 5.32 Å². The molecule has 0 amide bonds. The summed E-state index contributed by atoms with van der Waals surface area (Å²) in [4.78, 5) is 0. The third kappa shape index (κ3) is 4.12. The maximum absolute atomic E-state index is 6.11. The van der Waals surface area contributed by atoms with E-state index in [1.165, 1.54) is 21.9 Å². The van der Waals surface area contributed by atoms with E-state index in [4.69, 9.17) is 4.74 Å². The van der Waals surface area contributed by atoms with E-state index in [-0.39, 0.29) is 0 Å². The van der Waals surface area contributed by atoms with E-state index in [9.17, 15) is 0 Å². The van der Waals surface area contributed by atoms with Gasteiger partial charge in [0.25, 0.3) is 0 Å². The number of anilines is 1. The van der Waals surface area contributed by atoms with Crippen LogP contribution in [0.5, 0.6) is 5.75 Å². The Kier molecular flexibility index (Phi) is 5.06. The molecule has 0 fully saturated rings. The van der Waals surface area contributed by atoms with E-state index in [0.717, 1.165) is 23.5 Å². The van der Waals surface area contributed by atoms with Crippen LogP contribution in [0, 0.1) is 6.92 Å². The van der Waals surface area contributed by atoms with E-state index in [1.54, 1.807) is 0 Å². The molecule has 0 aliphatic carbocycles. The van der Waals surface area contributed by atoms with Crippen molar-refractivity contribution in [3.05, 3.63) is 108 Å². The normalized spacial score (nSPS) is 10.7. The summed E-state index contributed by atoms with van der Waals surface area (Å²) in [6.45, 7) is 3.40. The van der Waals surface area contributed by atoms with Gasteiger partial charge in [-0.25, -0.2) is 0 Å². The zero-order chi connectivity index (χ0) is 18.5. The summed E-state index contributed by atoms with van der Waals surface area (Å²) < 4.78 is 6.11. The van der Waals surface area contributed by atoms with Gasteiger partial charge < -0.3 is 10.1 Å². The van der Waals surface area contributed by atoms with Crippen molar-refractivity contribution < 1.29 is 4.74 Å². The van der Waals surface area contributed by atoms with Crippen LogP contribution < -0.4 is 10.1 Å². The molecule has 0 heterocycles. The number of ether oxygens (including phenoxy) is 1. The SMILES string of the molecule is Cc1cccc(COc2ccccc2CNc2cccc3ccccc23)c1. The highest BCUT2D eigenvalue weighted by atomic mass is 16.5. The van der Waals surface area contributed by atoms with Gasteiger partial charge in [-0.2, -0.15) is 0 Å². The van der Waals surface area contributed by atoms with Gasteiger partial charge in [0.05, 0.1) is 0 Å². The number of fused-ring (bicyclic) bond motifs is 1. The first-order chi connectivity index (χ1) is 13.3. The predicted molar refractivity (Wildman–Crippen MR) is 113 cm³/mol. The van der Waals surface area contributed by atoms with Crippen molar-refractivity contribution in [3.8, 4) is 5.75 Å². The van der Waals surface area contributed by atoms with Gasteiger partial charge in [0.15, 0.2) is 0 Å². The van der Waals surface area contributed by atoms with Gasteiger partial charge in [-0.1, -0.05) is 84.4 Å². The minimum atomic E-state index is 0.576. The maximum atomic E-state index is 6.11. The number of benzene rings is 4. The van der Waals surface area contributed by atoms with E-state index >= 15 is 0 Å². The monoisotopic (exact) mass is 353 g/mol. The van der Waals surface area contributed by atoms with Crippen molar-refractivity contribution in [3.63, 3.8) is 0 Å². The van der Waals surface area contributed by atoms with Crippen molar-refractivity contribution in [2.45, 2.75) is 20.1 Å². The molecule has 134 valence electrons. The van der Waals surface area contributed by atoms with Crippen LogP contribution in [-0.4, -0.2) is 0 Å². The van der Waals surface area contributed by atoms with Crippen LogP contribution in [0.15, 0.2) is 91.0 Å². The van der Waals surface area contributed by atoms with E-state index < -0.39 is 0 Å². The van der Waals surface area contributed by atoms with E-state index in [0.29, 0.717) is 6.61 Å². The highest BCUT2D eigenvalue weighted by Gasteiger charge is 2.05. The van der Waals surface area contributed by atoms with E-state index in [2.05, 4.69) is 91.1 Å². The minimum absolute atomic E-state index is 0.576. The fourth-order valence-electron chi connectivity index (χ4n) is 3.32. The molecular weight excluding hydrogens is 330 g/mol. The summed E-state index contributed by atoms with van der Waals surface area (Å²) in [5, 5.41) is 6.05. The fraction of sp³-hybridized carbons (Fsp3) is 0.120. The summed E-state index contributed by atoms with van der Waals surface area (Å²) in [5.41, 5.74) is 4.73. The average molecular weight is 353 g/mol. The lowest BCUT2D eigenvalue weighted by molar-refractivity contribution is 0.303. The second kappa shape index (κ2) is 7.96. The Bertz CT molecular complexity index is 1050. The van der Waals surface area contributed by atoms with Crippen molar-refractivity contribution in [2.24, 2.45) is 0 Å². The fourth-order valence-corrected chi connectivity index (χ4v) is 3.32. The summed E-state index contributed by atoms with van der Waals surface area (Å²) >= 11 is 0. The molecule has 0 saturated carbocycles. The lowest BCUT2D eigenvalue weighted by atomic mass is 10.1. The Morgan fingerprint density at radius 3 is 2.48 bits per heavy atom. The Hall–Kier alpha value is -3.26. The Balaban J connectivity index is 1.49. The quantitative estimate of drug-likeness (QED) is 0.437. The molecule has 0 saturated heterocycles. The number of para-hydroxylation sites is 1. The summed E-state index contributed by atoms with van der Waals surface area (Å²) in [5.74, 6) is 0.923. The van der Waals surface area contributed by atoms with Crippen molar-refractivity contribution in [1.29, 1.82) is 0 Å². The van der Waals surface area contributed by atoms with Gasteiger partial charge in [-0.15, -0.1) is 0 Å². The number of hydrogen-bond donors (Lipinski definition) is 1. The van der Waals surface area contributed by atoms with Crippen LogP contribution in [0.4, 0.5) is 5.69 Å². The molecule has 1 N–H and O–H groups in total. The lowest BCUT2D eigenvalue weighted by Gasteiger charge is -2.14. The first kappa shape index (κ1) is 17.2. The van der Waals surface area contributed by atoms with Gasteiger partial charge >= 0.3 is 0 Å². The van der Waals surface area contributed by atoms with E-state index in [1.807, 2.05) is 12.1 Å². The zero-order valence-corrected chi connectivity index (χ0v) is 15.5. The van der Waals surface area contributed by atoms with Gasteiger partial charge in [0.1, 0.15) is 12.4 Å². The molecule has 27 heavy (non-hydrogen) atoms. The third-order valence-corrected chi connectivity index (χ3v) is 4.71. The van der Waals surface area contributed by atoms with Gasteiger partial charge in [0.2, 0.25) is 0 Å². The lowest BCUT2D eigenvalue weighted by Crippen LogP contribution is -2.04. The molecule has 2 nitrogen and oxygen atoms in total. The van der Waals surface area contributed by atoms with Gasteiger partial charge in [0, 0.05) is 23.2 Å². The molecule has 0 radical (unpaired) electrons. The first-order valence-corrected chi connectivity index (χ1v) is 9.27. The maximum Gasteiger partial charge on any atom is 0.124 e. The second-order valence-electron chi connectivity index (χ2n) is 6.77. The van der Waals surface area contributed by atoms with Crippen molar-refractivity contribution in [1.82, 2.24) is 0 Å². The summed E-state index contributed by atoms with van der Waals surface area (Å²) in [7, 11) is 0. The largest absolute Gasteiger partial charge is 0.489 e. The number of rotatable bonds is 6. The van der Waals surface area contributed by atoms with Crippen LogP contribution in [-0.2, 0) is 13.2 Å².